The number of aliphatic carboxylic acids is 1. The van der Waals surface area contributed by atoms with Gasteiger partial charge in [-0.3, -0.25) is 4.79 Å². The van der Waals surface area contributed by atoms with Gasteiger partial charge in [-0.05, 0) is 13.3 Å². The molecule has 2 amide bonds. The minimum atomic E-state index is -0.870. The molecule has 6 nitrogen and oxygen atoms in total. The van der Waals surface area contributed by atoms with E-state index < -0.39 is 11.9 Å². The predicted molar refractivity (Wildman–Crippen MR) is 71.0 cm³/mol. The maximum Gasteiger partial charge on any atom is 0.320 e. The van der Waals surface area contributed by atoms with Crippen molar-refractivity contribution in [1.82, 2.24) is 9.80 Å². The first-order valence-corrected chi connectivity index (χ1v) is 6.75. The molecule has 6 heteroatoms. The summed E-state index contributed by atoms with van der Waals surface area (Å²) in [7, 11) is 1.66. The van der Waals surface area contributed by atoms with E-state index in [4.69, 9.17) is 9.84 Å². The molecule has 1 aliphatic heterocycles. The normalized spacial score (nSPS) is 20.4. The second-order valence-electron chi connectivity index (χ2n) is 5.12. The smallest absolute Gasteiger partial charge is 0.320 e. The van der Waals surface area contributed by atoms with Crippen molar-refractivity contribution < 1.29 is 19.4 Å². The van der Waals surface area contributed by atoms with Crippen LogP contribution < -0.4 is 0 Å². The number of methoxy groups -OCH3 is 1. The first kappa shape index (κ1) is 15.8. The van der Waals surface area contributed by atoms with Gasteiger partial charge < -0.3 is 19.6 Å². The van der Waals surface area contributed by atoms with Crippen molar-refractivity contribution in [1.29, 1.82) is 0 Å². The number of ether oxygens (including phenoxy) is 1. The predicted octanol–water partition coefficient (Wildman–Crippen LogP) is 1.12. The highest BCUT2D eigenvalue weighted by Gasteiger charge is 2.29. The minimum absolute atomic E-state index is 0.0609. The van der Waals surface area contributed by atoms with Gasteiger partial charge in [0.05, 0.1) is 12.5 Å². The third kappa shape index (κ3) is 4.38. The van der Waals surface area contributed by atoms with Crippen LogP contribution in [0.1, 0.15) is 20.3 Å². The number of nitrogens with zero attached hydrogens (tertiary/aromatic N) is 2. The van der Waals surface area contributed by atoms with E-state index in [-0.39, 0.29) is 12.6 Å². The van der Waals surface area contributed by atoms with Gasteiger partial charge in [0.2, 0.25) is 0 Å². The highest BCUT2D eigenvalue weighted by atomic mass is 16.5. The Morgan fingerprint density at radius 3 is 2.74 bits per heavy atom. The molecule has 1 fully saturated rings. The zero-order chi connectivity index (χ0) is 14.4. The molecule has 0 radical (unpaired) electrons. The first-order chi connectivity index (χ1) is 8.99. The van der Waals surface area contributed by atoms with Crippen LogP contribution in [0.5, 0.6) is 0 Å². The molecule has 2 unspecified atom stereocenters. The van der Waals surface area contributed by atoms with Crippen molar-refractivity contribution in [3.8, 4) is 0 Å². The Morgan fingerprint density at radius 2 is 2.21 bits per heavy atom. The fourth-order valence-electron chi connectivity index (χ4n) is 2.33. The molecular weight excluding hydrogens is 248 g/mol. The van der Waals surface area contributed by atoms with E-state index >= 15 is 0 Å². The van der Waals surface area contributed by atoms with Crippen molar-refractivity contribution >= 4 is 12.0 Å². The van der Waals surface area contributed by atoms with Gasteiger partial charge in [-0.1, -0.05) is 6.92 Å². The molecule has 1 N–H and O–H groups in total. The molecule has 1 heterocycles. The average Bonchev–Trinajstić information content (AvgIpc) is 2.83. The van der Waals surface area contributed by atoms with Crippen molar-refractivity contribution in [3.05, 3.63) is 0 Å². The summed E-state index contributed by atoms with van der Waals surface area (Å²) in [6.07, 6.45) is 0.950. The number of carbonyl (C=O) groups excluding carboxylic acids is 1. The van der Waals surface area contributed by atoms with Crippen molar-refractivity contribution in [2.45, 2.75) is 20.3 Å². The van der Waals surface area contributed by atoms with Gasteiger partial charge in [0, 0.05) is 39.2 Å². The van der Waals surface area contributed by atoms with E-state index in [1.165, 1.54) is 0 Å². The number of hydrogen-bond acceptors (Lipinski definition) is 3. The van der Waals surface area contributed by atoms with Crippen LogP contribution in [0.2, 0.25) is 0 Å². The lowest BCUT2D eigenvalue weighted by molar-refractivity contribution is -0.141. The molecular formula is C13H24N2O4. The lowest BCUT2D eigenvalue weighted by Crippen LogP contribution is -2.44. The topological polar surface area (TPSA) is 70.1 Å². The van der Waals surface area contributed by atoms with Crippen molar-refractivity contribution in [2.24, 2.45) is 11.8 Å². The molecule has 0 aromatic rings. The molecule has 1 saturated heterocycles. The average molecular weight is 272 g/mol. The van der Waals surface area contributed by atoms with Gasteiger partial charge in [-0.15, -0.1) is 0 Å². The Morgan fingerprint density at radius 1 is 1.53 bits per heavy atom. The Bertz CT molecular complexity index is 322. The Kier molecular flexibility index (Phi) is 6.08. The molecule has 0 aromatic carbocycles. The number of hydrogen-bond donors (Lipinski definition) is 1. The Hall–Kier alpha value is -1.30. The zero-order valence-corrected chi connectivity index (χ0v) is 12.0. The van der Waals surface area contributed by atoms with Gasteiger partial charge in [-0.2, -0.15) is 0 Å². The summed E-state index contributed by atoms with van der Waals surface area (Å²) in [5.74, 6) is -1.02. The minimum Gasteiger partial charge on any atom is -0.481 e. The molecule has 110 valence electrons. The molecule has 1 aliphatic rings. The van der Waals surface area contributed by atoms with Crippen LogP contribution in [0.15, 0.2) is 0 Å². The number of urea groups is 1. The number of carbonyl (C=O) groups is 2. The van der Waals surface area contributed by atoms with Crippen LogP contribution in [0.25, 0.3) is 0 Å². The van der Waals surface area contributed by atoms with E-state index in [0.717, 1.165) is 13.0 Å². The molecule has 0 bridgehead atoms. The third-order valence-corrected chi connectivity index (χ3v) is 3.53. The zero-order valence-electron chi connectivity index (χ0n) is 12.0. The third-order valence-electron chi connectivity index (χ3n) is 3.53. The van der Waals surface area contributed by atoms with Gasteiger partial charge in [0.15, 0.2) is 0 Å². The van der Waals surface area contributed by atoms with Crippen LogP contribution in [-0.4, -0.2) is 66.8 Å². The summed E-state index contributed by atoms with van der Waals surface area (Å²) in [5.41, 5.74) is 0. The van der Waals surface area contributed by atoms with Gasteiger partial charge >= 0.3 is 12.0 Å². The van der Waals surface area contributed by atoms with Crippen LogP contribution in [-0.2, 0) is 9.53 Å². The van der Waals surface area contributed by atoms with Crippen molar-refractivity contribution in [3.63, 3.8) is 0 Å². The highest BCUT2D eigenvalue weighted by Crippen LogP contribution is 2.18. The first-order valence-electron chi connectivity index (χ1n) is 6.75. The van der Waals surface area contributed by atoms with Crippen LogP contribution in [0, 0.1) is 11.8 Å². The van der Waals surface area contributed by atoms with E-state index in [1.54, 1.807) is 23.8 Å². The SMILES string of the molecule is CCN(CC(C)C(=O)O)C(=O)N1CCC(COC)C1. The largest absolute Gasteiger partial charge is 0.481 e. The number of likely N-dealkylation sites (tertiary alicyclic amines) is 1. The molecule has 0 saturated carbocycles. The number of amides is 2. The monoisotopic (exact) mass is 272 g/mol. The molecule has 0 spiro atoms. The standard InChI is InChI=1S/C13H24N2O4/c1-4-14(7-10(2)12(16)17)13(18)15-6-5-11(8-15)9-19-3/h10-11H,4-9H2,1-3H3,(H,16,17). The van der Waals surface area contributed by atoms with E-state index in [0.29, 0.717) is 25.6 Å². The summed E-state index contributed by atoms with van der Waals surface area (Å²) in [4.78, 5) is 26.6. The van der Waals surface area contributed by atoms with Crippen LogP contribution in [0.3, 0.4) is 0 Å². The molecule has 0 aliphatic carbocycles. The van der Waals surface area contributed by atoms with E-state index in [1.807, 2.05) is 6.92 Å². The lowest BCUT2D eigenvalue weighted by Gasteiger charge is -2.28. The van der Waals surface area contributed by atoms with Gasteiger partial charge in [-0.25, -0.2) is 4.79 Å². The summed E-state index contributed by atoms with van der Waals surface area (Å²) >= 11 is 0. The summed E-state index contributed by atoms with van der Waals surface area (Å²) in [5, 5.41) is 8.92. The van der Waals surface area contributed by atoms with Crippen LogP contribution in [0.4, 0.5) is 4.79 Å². The fraction of sp³-hybridized carbons (Fsp3) is 0.846. The van der Waals surface area contributed by atoms with Crippen molar-refractivity contribution in [2.75, 3.05) is 39.9 Å². The summed E-state index contributed by atoms with van der Waals surface area (Å²) in [6.45, 7) is 6.38. The molecule has 1 rings (SSSR count). The van der Waals surface area contributed by atoms with Crippen LogP contribution >= 0.6 is 0 Å². The highest BCUT2D eigenvalue weighted by molar-refractivity contribution is 5.76. The lowest BCUT2D eigenvalue weighted by atomic mass is 10.1. The number of carboxylic acid groups (broad SMARTS) is 1. The van der Waals surface area contributed by atoms with Gasteiger partial charge in [0.25, 0.3) is 0 Å². The summed E-state index contributed by atoms with van der Waals surface area (Å²) in [6, 6.07) is -0.0609. The van der Waals surface area contributed by atoms with Gasteiger partial charge in [0.1, 0.15) is 0 Å². The maximum absolute atomic E-state index is 12.3. The van der Waals surface area contributed by atoms with E-state index in [9.17, 15) is 9.59 Å². The Balaban J connectivity index is 2.52. The maximum atomic E-state index is 12.3. The molecule has 0 aromatic heterocycles. The number of carboxylic acids is 1. The molecule has 2 atom stereocenters. The quantitative estimate of drug-likeness (QED) is 0.786. The molecule has 19 heavy (non-hydrogen) atoms. The second kappa shape index (κ2) is 7.33. The fourth-order valence-corrected chi connectivity index (χ4v) is 2.33. The Labute approximate surface area is 114 Å². The van der Waals surface area contributed by atoms with E-state index in [2.05, 4.69) is 0 Å². The number of rotatable bonds is 6. The summed E-state index contributed by atoms with van der Waals surface area (Å²) < 4.78 is 5.11. The second-order valence-corrected chi connectivity index (χ2v) is 5.12.